The van der Waals surface area contributed by atoms with Crippen LogP contribution in [0.1, 0.15) is 12.0 Å². The van der Waals surface area contributed by atoms with Gasteiger partial charge in [-0.05, 0) is 29.8 Å². The van der Waals surface area contributed by atoms with Crippen LogP contribution in [0, 0.1) is 11.8 Å². The van der Waals surface area contributed by atoms with E-state index >= 15 is 0 Å². The molecule has 1 heterocycles. The molecular weight excluding hydrogens is 212 g/mol. The van der Waals surface area contributed by atoms with E-state index in [0.717, 1.165) is 5.56 Å². The molecule has 0 aliphatic rings. The molecule has 1 aromatic heterocycles. The second kappa shape index (κ2) is 5.11. The van der Waals surface area contributed by atoms with Crippen LogP contribution in [-0.2, 0) is 7.05 Å². The fourth-order valence-corrected chi connectivity index (χ4v) is 1.67. The van der Waals surface area contributed by atoms with Gasteiger partial charge in [-0.15, -0.1) is 0 Å². The Hall–Kier alpha value is -2.37. The van der Waals surface area contributed by atoms with E-state index in [1.165, 1.54) is 10.9 Å². The van der Waals surface area contributed by atoms with Crippen LogP contribution in [0.25, 0.3) is 21.3 Å². The highest BCUT2D eigenvalue weighted by Crippen LogP contribution is 2.15. The van der Waals surface area contributed by atoms with Gasteiger partial charge in [-0.2, -0.15) is 0 Å². The van der Waals surface area contributed by atoms with Crippen molar-refractivity contribution in [2.45, 2.75) is 6.42 Å². The standard InChI is InChI=1S/C13H12N4/c1-17-9-7-12-10-11(5-6-13(12)17)4-2-3-8-15-16-14/h5-7,9-10H,3,8H2,1H3. The lowest BCUT2D eigenvalue weighted by Crippen LogP contribution is -1.83. The maximum Gasteiger partial charge on any atom is 0.0478 e. The molecule has 0 bridgehead atoms. The van der Waals surface area contributed by atoms with Crippen LogP contribution >= 0.6 is 0 Å². The number of aromatic nitrogens is 1. The van der Waals surface area contributed by atoms with Crippen molar-refractivity contribution in [2.24, 2.45) is 12.2 Å². The number of rotatable bonds is 2. The quantitative estimate of drug-likeness (QED) is 0.247. The van der Waals surface area contributed by atoms with Gasteiger partial charge in [0, 0.05) is 47.6 Å². The normalized spacial score (nSPS) is 9.47. The SMILES string of the molecule is Cn1ccc2cc(C#CCCN=[N+]=[N-])ccc21. The summed E-state index contributed by atoms with van der Waals surface area (Å²) >= 11 is 0. The lowest BCUT2D eigenvalue weighted by molar-refractivity contribution is 0.969. The number of fused-ring (bicyclic) bond motifs is 1. The van der Waals surface area contributed by atoms with Gasteiger partial charge in [-0.25, -0.2) is 0 Å². The van der Waals surface area contributed by atoms with Crippen molar-refractivity contribution in [1.29, 1.82) is 0 Å². The van der Waals surface area contributed by atoms with Crippen molar-refractivity contribution in [3.8, 4) is 11.8 Å². The van der Waals surface area contributed by atoms with Crippen LogP contribution in [0.4, 0.5) is 0 Å². The maximum absolute atomic E-state index is 8.11. The Morgan fingerprint density at radius 1 is 1.41 bits per heavy atom. The molecule has 0 saturated heterocycles. The molecule has 0 amide bonds. The van der Waals surface area contributed by atoms with Gasteiger partial charge in [0.1, 0.15) is 0 Å². The van der Waals surface area contributed by atoms with Crippen molar-refractivity contribution < 1.29 is 0 Å². The lowest BCUT2D eigenvalue weighted by atomic mass is 10.1. The van der Waals surface area contributed by atoms with Gasteiger partial charge >= 0.3 is 0 Å². The van der Waals surface area contributed by atoms with E-state index in [1.807, 2.05) is 19.3 Å². The number of azide groups is 1. The highest BCUT2D eigenvalue weighted by atomic mass is 15.1. The molecule has 0 atom stereocenters. The first-order chi connectivity index (χ1) is 8.31. The van der Waals surface area contributed by atoms with Crippen molar-refractivity contribution in [2.75, 3.05) is 6.54 Å². The zero-order valence-corrected chi connectivity index (χ0v) is 9.59. The second-order valence-electron chi connectivity index (χ2n) is 3.71. The summed E-state index contributed by atoms with van der Waals surface area (Å²) in [5, 5.41) is 4.62. The van der Waals surface area contributed by atoms with Crippen LogP contribution in [0.2, 0.25) is 0 Å². The largest absolute Gasteiger partial charge is 0.351 e. The molecule has 0 N–H and O–H groups in total. The molecule has 0 spiro atoms. The van der Waals surface area contributed by atoms with E-state index in [-0.39, 0.29) is 0 Å². The molecule has 0 saturated carbocycles. The predicted octanol–water partition coefficient (Wildman–Crippen LogP) is 3.23. The van der Waals surface area contributed by atoms with Crippen molar-refractivity contribution >= 4 is 10.9 Å². The third kappa shape index (κ3) is 2.60. The number of hydrogen-bond acceptors (Lipinski definition) is 1. The minimum atomic E-state index is 0.428. The van der Waals surface area contributed by atoms with Crippen LogP contribution < -0.4 is 0 Å². The first-order valence-corrected chi connectivity index (χ1v) is 5.36. The topological polar surface area (TPSA) is 53.7 Å². The van der Waals surface area contributed by atoms with Crippen LogP contribution in [0.15, 0.2) is 35.6 Å². The van der Waals surface area contributed by atoms with Gasteiger partial charge in [-0.1, -0.05) is 17.0 Å². The maximum atomic E-state index is 8.11. The monoisotopic (exact) mass is 224 g/mol. The molecule has 2 aromatic rings. The van der Waals surface area contributed by atoms with Gasteiger partial charge in [0.15, 0.2) is 0 Å². The molecule has 0 radical (unpaired) electrons. The molecule has 0 aliphatic heterocycles. The summed E-state index contributed by atoms with van der Waals surface area (Å²) in [5.74, 6) is 6.05. The Morgan fingerprint density at radius 3 is 3.12 bits per heavy atom. The number of aryl methyl sites for hydroxylation is 1. The molecule has 4 nitrogen and oxygen atoms in total. The Labute approximate surface area is 99.5 Å². The van der Waals surface area contributed by atoms with Crippen molar-refractivity contribution in [3.63, 3.8) is 0 Å². The molecule has 0 aliphatic carbocycles. The zero-order chi connectivity index (χ0) is 12.1. The summed E-state index contributed by atoms with van der Waals surface area (Å²) in [6, 6.07) is 8.20. The number of hydrogen-bond donors (Lipinski definition) is 0. The van der Waals surface area contributed by atoms with Gasteiger partial charge in [-0.3, -0.25) is 0 Å². The fourth-order valence-electron chi connectivity index (χ4n) is 1.67. The highest BCUT2D eigenvalue weighted by Gasteiger charge is 1.97. The van der Waals surface area contributed by atoms with Gasteiger partial charge in [0.25, 0.3) is 0 Å². The molecule has 2 rings (SSSR count). The van der Waals surface area contributed by atoms with Gasteiger partial charge in [0.2, 0.25) is 0 Å². The van der Waals surface area contributed by atoms with Crippen LogP contribution in [-0.4, -0.2) is 11.1 Å². The minimum absolute atomic E-state index is 0.428. The summed E-state index contributed by atoms with van der Waals surface area (Å²) in [4.78, 5) is 2.68. The average Bonchev–Trinajstić information content (AvgIpc) is 2.71. The molecular formula is C13H12N4. The summed E-state index contributed by atoms with van der Waals surface area (Å²) in [5.41, 5.74) is 10.3. The molecule has 17 heavy (non-hydrogen) atoms. The Kier molecular flexibility index (Phi) is 3.34. The molecule has 0 unspecified atom stereocenters. The van der Waals surface area contributed by atoms with E-state index < -0.39 is 0 Å². The second-order valence-corrected chi connectivity index (χ2v) is 3.71. The highest BCUT2D eigenvalue weighted by molar-refractivity contribution is 5.81. The van der Waals surface area contributed by atoms with Crippen LogP contribution in [0.5, 0.6) is 0 Å². The predicted molar refractivity (Wildman–Crippen MR) is 68.4 cm³/mol. The molecule has 84 valence electrons. The molecule has 4 heteroatoms. The van der Waals surface area contributed by atoms with E-state index in [4.69, 9.17) is 5.53 Å². The number of benzene rings is 1. The van der Waals surface area contributed by atoms with Gasteiger partial charge < -0.3 is 4.57 Å². The summed E-state index contributed by atoms with van der Waals surface area (Å²) in [7, 11) is 2.02. The Bertz CT molecular complexity index is 636. The average molecular weight is 224 g/mol. The first-order valence-electron chi connectivity index (χ1n) is 5.36. The molecule has 1 aromatic carbocycles. The fraction of sp³-hybridized carbons (Fsp3) is 0.231. The van der Waals surface area contributed by atoms with Crippen LogP contribution in [0.3, 0.4) is 0 Å². The van der Waals surface area contributed by atoms with E-state index in [9.17, 15) is 0 Å². The molecule has 0 fully saturated rings. The Morgan fingerprint density at radius 2 is 2.29 bits per heavy atom. The third-order valence-electron chi connectivity index (χ3n) is 2.52. The van der Waals surface area contributed by atoms with Crippen molar-refractivity contribution in [3.05, 3.63) is 46.5 Å². The Balaban J connectivity index is 2.16. The smallest absolute Gasteiger partial charge is 0.0478 e. The summed E-state index contributed by atoms with van der Waals surface area (Å²) in [6.45, 7) is 0.428. The number of nitrogens with zero attached hydrogens (tertiary/aromatic N) is 4. The third-order valence-corrected chi connectivity index (χ3v) is 2.52. The van der Waals surface area contributed by atoms with E-state index in [2.05, 4.69) is 44.6 Å². The minimum Gasteiger partial charge on any atom is -0.351 e. The first kappa shape index (κ1) is 11.1. The summed E-state index contributed by atoms with van der Waals surface area (Å²) < 4.78 is 2.08. The lowest BCUT2D eigenvalue weighted by Gasteiger charge is -1.96. The van der Waals surface area contributed by atoms with Crippen molar-refractivity contribution in [1.82, 2.24) is 4.57 Å². The van der Waals surface area contributed by atoms with E-state index in [0.29, 0.717) is 13.0 Å². The summed E-state index contributed by atoms with van der Waals surface area (Å²) in [6.07, 6.45) is 2.63. The zero-order valence-electron chi connectivity index (χ0n) is 9.59. The van der Waals surface area contributed by atoms with E-state index in [1.54, 1.807) is 0 Å². The van der Waals surface area contributed by atoms with Gasteiger partial charge in [0.05, 0.1) is 0 Å².